The minimum atomic E-state index is -0.547. The van der Waals surface area contributed by atoms with Gasteiger partial charge in [0, 0.05) is 18.9 Å². The molecule has 2 rings (SSSR count). The van der Waals surface area contributed by atoms with Crippen LogP contribution in [0.1, 0.15) is 23.1 Å². The van der Waals surface area contributed by atoms with Crippen molar-refractivity contribution >= 4 is 6.29 Å². The number of para-hydroxylation sites is 1. The molecule has 0 bridgehead atoms. The number of aromatic nitrogens is 2. The molecule has 0 fully saturated rings. The number of benzene rings is 1. The maximum Gasteiger partial charge on any atom is 0.166 e. The van der Waals surface area contributed by atoms with Crippen molar-refractivity contribution in [2.24, 2.45) is 0 Å². The van der Waals surface area contributed by atoms with Gasteiger partial charge in [0.2, 0.25) is 0 Å². The zero-order chi connectivity index (χ0) is 13.0. The number of aldehydes is 1. The van der Waals surface area contributed by atoms with Gasteiger partial charge in [0.15, 0.2) is 17.9 Å². The number of imidazole rings is 1. The Morgan fingerprint density at radius 2 is 2.33 bits per heavy atom. The summed E-state index contributed by atoms with van der Waals surface area (Å²) in [6.45, 7) is 2.87. The van der Waals surface area contributed by atoms with Crippen LogP contribution in [-0.2, 0) is 13.2 Å². The Balaban J connectivity index is 2.18. The monoisotopic (exact) mass is 248 g/mol. The van der Waals surface area contributed by atoms with Crippen molar-refractivity contribution in [1.29, 1.82) is 0 Å². The van der Waals surface area contributed by atoms with Gasteiger partial charge >= 0.3 is 0 Å². The second kappa shape index (κ2) is 5.44. The zero-order valence-corrected chi connectivity index (χ0v) is 9.97. The van der Waals surface area contributed by atoms with E-state index in [2.05, 4.69) is 4.98 Å². The summed E-state index contributed by atoms with van der Waals surface area (Å²) in [6, 6.07) is 4.24. The van der Waals surface area contributed by atoms with E-state index in [4.69, 9.17) is 4.74 Å². The highest BCUT2D eigenvalue weighted by Crippen LogP contribution is 2.22. The van der Waals surface area contributed by atoms with Gasteiger partial charge in [-0.05, 0) is 19.1 Å². The standard InChI is InChI=1S/C13H13FN2O2/c1-2-16-7-6-15-12(16)9-18-13-10(8-17)4-3-5-11(13)14/h3-8H,2,9H2,1H3. The lowest BCUT2D eigenvalue weighted by Gasteiger charge is -2.10. The van der Waals surface area contributed by atoms with Gasteiger partial charge in [-0.1, -0.05) is 6.07 Å². The molecule has 0 saturated heterocycles. The van der Waals surface area contributed by atoms with Crippen molar-refractivity contribution in [3.8, 4) is 5.75 Å². The minimum absolute atomic E-state index is 0.0295. The fraction of sp³-hybridized carbons (Fsp3) is 0.231. The smallest absolute Gasteiger partial charge is 0.166 e. The van der Waals surface area contributed by atoms with Gasteiger partial charge in [-0.25, -0.2) is 9.37 Å². The van der Waals surface area contributed by atoms with Crippen LogP contribution in [0, 0.1) is 5.82 Å². The first-order valence-corrected chi connectivity index (χ1v) is 5.62. The highest BCUT2D eigenvalue weighted by Gasteiger charge is 2.10. The molecule has 0 amide bonds. The Kier molecular flexibility index (Phi) is 3.72. The van der Waals surface area contributed by atoms with Crippen molar-refractivity contribution in [2.45, 2.75) is 20.1 Å². The number of aryl methyl sites for hydroxylation is 1. The van der Waals surface area contributed by atoms with E-state index in [9.17, 15) is 9.18 Å². The van der Waals surface area contributed by atoms with Crippen LogP contribution in [0.15, 0.2) is 30.6 Å². The van der Waals surface area contributed by atoms with E-state index >= 15 is 0 Å². The molecule has 18 heavy (non-hydrogen) atoms. The normalized spacial score (nSPS) is 10.3. The third kappa shape index (κ3) is 2.40. The van der Waals surface area contributed by atoms with Gasteiger partial charge in [-0.2, -0.15) is 0 Å². The molecule has 0 saturated carbocycles. The quantitative estimate of drug-likeness (QED) is 0.763. The first kappa shape index (κ1) is 12.3. The number of hydrogen-bond acceptors (Lipinski definition) is 3. The lowest BCUT2D eigenvalue weighted by atomic mass is 10.2. The molecule has 1 aromatic heterocycles. The number of nitrogens with zero attached hydrogens (tertiary/aromatic N) is 2. The molecule has 0 unspecified atom stereocenters. The fourth-order valence-corrected chi connectivity index (χ4v) is 1.68. The van der Waals surface area contributed by atoms with E-state index < -0.39 is 5.82 Å². The molecule has 94 valence electrons. The predicted octanol–water partition coefficient (Wildman–Crippen LogP) is 2.43. The molecule has 1 heterocycles. The SMILES string of the molecule is CCn1ccnc1COc1c(F)cccc1C=O. The average Bonchev–Trinajstić information content (AvgIpc) is 2.84. The van der Waals surface area contributed by atoms with Gasteiger partial charge in [0.1, 0.15) is 12.4 Å². The number of ether oxygens (including phenoxy) is 1. The topological polar surface area (TPSA) is 44.1 Å². The number of carbonyl (C=O) groups excluding carboxylic acids is 1. The number of halogens is 1. The molecular formula is C13H13FN2O2. The molecule has 2 aromatic rings. The molecule has 0 aliphatic heterocycles. The Morgan fingerprint density at radius 1 is 1.50 bits per heavy atom. The van der Waals surface area contributed by atoms with Gasteiger partial charge < -0.3 is 9.30 Å². The third-order valence-corrected chi connectivity index (χ3v) is 2.61. The summed E-state index contributed by atoms with van der Waals surface area (Å²) in [6.07, 6.45) is 4.05. The van der Waals surface area contributed by atoms with Crippen LogP contribution in [0.4, 0.5) is 4.39 Å². The summed E-state index contributed by atoms with van der Waals surface area (Å²) < 4.78 is 20.8. The summed E-state index contributed by atoms with van der Waals surface area (Å²) in [4.78, 5) is 14.9. The van der Waals surface area contributed by atoms with Crippen LogP contribution < -0.4 is 4.74 Å². The van der Waals surface area contributed by atoms with Gasteiger partial charge in [-0.15, -0.1) is 0 Å². The lowest BCUT2D eigenvalue weighted by Crippen LogP contribution is -2.07. The number of rotatable bonds is 5. The largest absolute Gasteiger partial charge is 0.482 e. The van der Waals surface area contributed by atoms with E-state index in [0.29, 0.717) is 12.1 Å². The molecule has 0 atom stereocenters. The Hall–Kier alpha value is -2.17. The van der Waals surface area contributed by atoms with E-state index in [-0.39, 0.29) is 17.9 Å². The second-order valence-corrected chi connectivity index (χ2v) is 3.69. The molecule has 0 radical (unpaired) electrons. The second-order valence-electron chi connectivity index (χ2n) is 3.69. The fourth-order valence-electron chi connectivity index (χ4n) is 1.68. The van der Waals surface area contributed by atoms with E-state index in [1.165, 1.54) is 18.2 Å². The van der Waals surface area contributed by atoms with Crippen LogP contribution in [0.3, 0.4) is 0 Å². The van der Waals surface area contributed by atoms with E-state index in [0.717, 1.165) is 6.54 Å². The Labute approximate surface area is 104 Å². The van der Waals surface area contributed by atoms with Crippen LogP contribution in [0.2, 0.25) is 0 Å². The summed E-state index contributed by atoms with van der Waals surface area (Å²) in [7, 11) is 0. The van der Waals surface area contributed by atoms with Crippen LogP contribution in [0.25, 0.3) is 0 Å². The summed E-state index contributed by atoms with van der Waals surface area (Å²) in [5, 5.41) is 0. The lowest BCUT2D eigenvalue weighted by molar-refractivity contribution is 0.111. The maximum absolute atomic E-state index is 13.5. The molecule has 0 aliphatic carbocycles. The van der Waals surface area contributed by atoms with Crippen molar-refractivity contribution < 1.29 is 13.9 Å². The third-order valence-electron chi connectivity index (χ3n) is 2.61. The molecule has 1 aromatic carbocycles. The first-order chi connectivity index (χ1) is 8.76. The Morgan fingerprint density at radius 3 is 3.06 bits per heavy atom. The van der Waals surface area contributed by atoms with Gasteiger partial charge in [-0.3, -0.25) is 4.79 Å². The minimum Gasteiger partial charge on any atom is -0.482 e. The van der Waals surface area contributed by atoms with E-state index in [1.807, 2.05) is 17.7 Å². The number of hydrogen-bond donors (Lipinski definition) is 0. The van der Waals surface area contributed by atoms with Crippen molar-refractivity contribution in [1.82, 2.24) is 9.55 Å². The molecular weight excluding hydrogens is 235 g/mol. The summed E-state index contributed by atoms with van der Waals surface area (Å²) in [5.41, 5.74) is 0.199. The first-order valence-electron chi connectivity index (χ1n) is 5.62. The average molecular weight is 248 g/mol. The molecule has 0 spiro atoms. The molecule has 5 heteroatoms. The molecule has 0 N–H and O–H groups in total. The molecule has 0 aliphatic rings. The highest BCUT2D eigenvalue weighted by molar-refractivity contribution is 5.79. The van der Waals surface area contributed by atoms with Crippen LogP contribution in [-0.4, -0.2) is 15.8 Å². The van der Waals surface area contributed by atoms with Gasteiger partial charge in [0.05, 0.1) is 5.56 Å². The van der Waals surface area contributed by atoms with Crippen LogP contribution in [0.5, 0.6) is 5.75 Å². The summed E-state index contributed by atoms with van der Waals surface area (Å²) >= 11 is 0. The highest BCUT2D eigenvalue weighted by atomic mass is 19.1. The predicted molar refractivity (Wildman–Crippen MR) is 64.0 cm³/mol. The molecule has 4 nitrogen and oxygen atoms in total. The van der Waals surface area contributed by atoms with E-state index in [1.54, 1.807) is 6.20 Å². The zero-order valence-electron chi connectivity index (χ0n) is 9.97. The Bertz CT molecular complexity index is 552. The van der Waals surface area contributed by atoms with Crippen molar-refractivity contribution in [2.75, 3.05) is 0 Å². The van der Waals surface area contributed by atoms with Crippen LogP contribution >= 0.6 is 0 Å². The van der Waals surface area contributed by atoms with Gasteiger partial charge in [0.25, 0.3) is 0 Å². The maximum atomic E-state index is 13.5. The summed E-state index contributed by atoms with van der Waals surface area (Å²) in [5.74, 6) is 0.116. The van der Waals surface area contributed by atoms with Crippen molar-refractivity contribution in [3.63, 3.8) is 0 Å². The van der Waals surface area contributed by atoms with Crippen molar-refractivity contribution in [3.05, 3.63) is 47.8 Å². The number of carbonyl (C=O) groups is 1.